The van der Waals surface area contributed by atoms with E-state index in [2.05, 4.69) is 24.1 Å². The average molecular weight is 560 g/mol. The molecule has 1 saturated heterocycles. The van der Waals surface area contributed by atoms with E-state index in [4.69, 9.17) is 9.72 Å². The minimum absolute atomic E-state index is 0.0122. The van der Waals surface area contributed by atoms with Gasteiger partial charge in [-0.1, -0.05) is 32.9 Å². The number of carbonyl (C=O) groups is 1. The minimum Gasteiger partial charge on any atom is -0.368 e. The third-order valence-corrected chi connectivity index (χ3v) is 9.60. The molecular formula is C25H32F3N3O4S2. The first-order valence-electron chi connectivity index (χ1n) is 12.4. The molecule has 3 heterocycles. The molecule has 1 amide bonds. The number of aromatic nitrogens is 1. The molecular weight excluding hydrogens is 527 g/mol. The molecule has 4 rings (SSSR count). The molecule has 1 N–H and O–H groups in total. The van der Waals surface area contributed by atoms with Crippen molar-refractivity contribution in [3.8, 4) is 0 Å². The zero-order valence-electron chi connectivity index (χ0n) is 21.0. The number of alkyl halides is 3. The Morgan fingerprint density at radius 3 is 2.51 bits per heavy atom. The molecule has 2 aliphatic heterocycles. The summed E-state index contributed by atoms with van der Waals surface area (Å²) < 4.78 is 67.8. The van der Waals surface area contributed by atoms with E-state index >= 15 is 0 Å². The Kier molecular flexibility index (Phi) is 8.32. The standard InChI is InChI=1S/C25H32F3N3O4S2/c1-4-37(33,34)18-8-5-16(6-9-18)11-21(32)29-24-30-22-19(36-24)13-31(23(22)15(2)3)12-17-7-10-20(35-14-17)25(26,27)28/h5-6,8-9,15,17,20,23H,4,7,10-14H2,1-3H3,(H,29,30,32)/t17-,20?,23-/m0/s1. The fourth-order valence-electron chi connectivity index (χ4n) is 5.00. The number of carbonyl (C=O) groups excluding carboxylic acids is 1. The summed E-state index contributed by atoms with van der Waals surface area (Å²) in [7, 11) is -3.29. The van der Waals surface area contributed by atoms with Gasteiger partial charge < -0.3 is 10.1 Å². The van der Waals surface area contributed by atoms with Crippen molar-refractivity contribution >= 4 is 32.2 Å². The van der Waals surface area contributed by atoms with Crippen molar-refractivity contribution in [1.29, 1.82) is 0 Å². The van der Waals surface area contributed by atoms with E-state index in [1.165, 1.54) is 23.5 Å². The van der Waals surface area contributed by atoms with Gasteiger partial charge in [-0.2, -0.15) is 13.2 Å². The molecule has 37 heavy (non-hydrogen) atoms. The van der Waals surface area contributed by atoms with Crippen molar-refractivity contribution in [3.63, 3.8) is 0 Å². The lowest BCUT2D eigenvalue weighted by atomic mass is 9.95. The SMILES string of the molecule is CCS(=O)(=O)c1ccc(CC(=O)Nc2nc3c(s2)CN(C[C@@H]2CCC(C(F)(F)F)OC2)[C@H]3C(C)C)cc1. The molecule has 2 aliphatic rings. The van der Waals surface area contributed by atoms with E-state index in [-0.39, 0.29) is 53.9 Å². The van der Waals surface area contributed by atoms with Crippen LogP contribution in [0.15, 0.2) is 29.2 Å². The highest BCUT2D eigenvalue weighted by molar-refractivity contribution is 7.91. The third-order valence-electron chi connectivity index (χ3n) is 6.88. The van der Waals surface area contributed by atoms with Gasteiger partial charge in [0.2, 0.25) is 5.91 Å². The van der Waals surface area contributed by atoms with Gasteiger partial charge in [-0.05, 0) is 42.4 Å². The molecule has 0 spiro atoms. The fraction of sp³-hybridized carbons (Fsp3) is 0.600. The number of hydrogen-bond donors (Lipinski definition) is 1. The second-order valence-electron chi connectivity index (χ2n) is 10.0. The molecule has 1 fully saturated rings. The Hall–Kier alpha value is -2.02. The van der Waals surface area contributed by atoms with Gasteiger partial charge in [0.05, 0.1) is 35.4 Å². The lowest BCUT2D eigenvalue weighted by molar-refractivity contribution is -0.236. The largest absolute Gasteiger partial charge is 0.414 e. The van der Waals surface area contributed by atoms with Crippen LogP contribution in [0, 0.1) is 11.8 Å². The van der Waals surface area contributed by atoms with E-state index in [1.54, 1.807) is 19.1 Å². The van der Waals surface area contributed by atoms with Gasteiger partial charge in [-0.25, -0.2) is 13.4 Å². The smallest absolute Gasteiger partial charge is 0.368 e. The maximum absolute atomic E-state index is 12.9. The number of halogens is 3. The Labute approximate surface area is 219 Å². The number of nitrogens with zero attached hydrogens (tertiary/aromatic N) is 2. The molecule has 1 aromatic heterocycles. The summed E-state index contributed by atoms with van der Waals surface area (Å²) in [5.74, 6) is 0.0440. The number of anilines is 1. The van der Waals surface area contributed by atoms with Gasteiger partial charge in [0.25, 0.3) is 0 Å². The van der Waals surface area contributed by atoms with Crippen LogP contribution in [0.25, 0.3) is 0 Å². The molecule has 12 heteroatoms. The Morgan fingerprint density at radius 1 is 1.24 bits per heavy atom. The van der Waals surface area contributed by atoms with E-state index < -0.39 is 22.1 Å². The first-order chi connectivity index (χ1) is 17.4. The summed E-state index contributed by atoms with van der Waals surface area (Å²) in [6.07, 6.45) is -5.43. The van der Waals surface area contributed by atoms with Gasteiger partial charge >= 0.3 is 6.18 Å². The molecule has 204 valence electrons. The Balaban J connectivity index is 1.35. The van der Waals surface area contributed by atoms with Crippen molar-refractivity contribution in [2.75, 3.05) is 24.2 Å². The topological polar surface area (TPSA) is 88.6 Å². The van der Waals surface area contributed by atoms with Gasteiger partial charge in [0.1, 0.15) is 0 Å². The minimum atomic E-state index is -4.31. The third kappa shape index (κ3) is 6.52. The molecule has 1 aromatic carbocycles. The Bertz CT molecular complexity index is 1200. The number of hydrogen-bond acceptors (Lipinski definition) is 7. The quantitative estimate of drug-likeness (QED) is 0.491. The first-order valence-corrected chi connectivity index (χ1v) is 14.9. The molecule has 7 nitrogen and oxygen atoms in total. The van der Waals surface area contributed by atoms with Gasteiger partial charge in [0.15, 0.2) is 21.1 Å². The lowest BCUT2D eigenvalue weighted by Crippen LogP contribution is -2.41. The predicted molar refractivity (Wildman–Crippen MR) is 135 cm³/mol. The van der Waals surface area contributed by atoms with Crippen molar-refractivity contribution in [3.05, 3.63) is 40.4 Å². The number of thiazole rings is 1. The van der Waals surface area contributed by atoms with E-state index in [1.807, 2.05) is 0 Å². The number of rotatable bonds is 8. The summed E-state index contributed by atoms with van der Waals surface area (Å²) >= 11 is 1.42. The highest BCUT2D eigenvalue weighted by Gasteiger charge is 2.44. The molecule has 0 aliphatic carbocycles. The lowest BCUT2D eigenvalue weighted by Gasteiger charge is -2.35. The zero-order valence-corrected chi connectivity index (χ0v) is 22.7. The normalized spacial score (nSPS) is 22.8. The van der Waals surface area contributed by atoms with Crippen LogP contribution >= 0.6 is 11.3 Å². The summed E-state index contributed by atoms with van der Waals surface area (Å²) in [5.41, 5.74) is 1.61. The first kappa shape index (κ1) is 28.0. The van der Waals surface area contributed by atoms with Crippen LogP contribution in [-0.4, -0.2) is 55.4 Å². The molecule has 0 saturated carbocycles. The maximum atomic E-state index is 12.9. The van der Waals surface area contributed by atoms with Crippen LogP contribution in [0.1, 0.15) is 55.8 Å². The highest BCUT2D eigenvalue weighted by atomic mass is 32.2. The molecule has 1 unspecified atom stereocenters. The predicted octanol–water partition coefficient (Wildman–Crippen LogP) is 4.99. The number of amides is 1. The molecule has 2 aromatic rings. The summed E-state index contributed by atoms with van der Waals surface area (Å²) in [5, 5.41) is 3.37. The monoisotopic (exact) mass is 559 g/mol. The molecule has 0 radical (unpaired) electrons. The van der Waals surface area contributed by atoms with Crippen LogP contribution < -0.4 is 5.32 Å². The second kappa shape index (κ2) is 11.0. The van der Waals surface area contributed by atoms with Crippen LogP contribution in [0.2, 0.25) is 0 Å². The van der Waals surface area contributed by atoms with Crippen molar-refractivity contribution < 1.29 is 31.1 Å². The van der Waals surface area contributed by atoms with E-state index in [9.17, 15) is 26.4 Å². The van der Waals surface area contributed by atoms with Gasteiger partial charge in [-0.15, -0.1) is 11.3 Å². The van der Waals surface area contributed by atoms with Crippen molar-refractivity contribution in [1.82, 2.24) is 9.88 Å². The van der Waals surface area contributed by atoms with Crippen molar-refractivity contribution in [2.45, 2.75) is 69.8 Å². The number of sulfone groups is 1. The molecule has 3 atom stereocenters. The van der Waals surface area contributed by atoms with Gasteiger partial charge in [-0.3, -0.25) is 9.69 Å². The number of ether oxygens (including phenoxy) is 1. The Morgan fingerprint density at radius 2 is 1.95 bits per heavy atom. The van der Waals surface area contributed by atoms with E-state index in [0.29, 0.717) is 30.2 Å². The average Bonchev–Trinajstić information content (AvgIpc) is 3.35. The van der Waals surface area contributed by atoms with Gasteiger partial charge in [0, 0.05) is 18.0 Å². The van der Waals surface area contributed by atoms with Crippen molar-refractivity contribution in [2.24, 2.45) is 11.8 Å². The molecule has 0 bridgehead atoms. The fourth-order valence-corrected chi connectivity index (χ4v) is 6.93. The second-order valence-corrected chi connectivity index (χ2v) is 13.4. The summed E-state index contributed by atoms with van der Waals surface area (Å²) in [4.78, 5) is 20.9. The van der Waals surface area contributed by atoms with E-state index in [0.717, 1.165) is 10.6 Å². The number of benzene rings is 1. The van der Waals surface area contributed by atoms with Crippen LogP contribution in [0.3, 0.4) is 0 Å². The highest BCUT2D eigenvalue weighted by Crippen LogP contribution is 2.43. The van der Waals surface area contributed by atoms with Crippen LogP contribution in [0.4, 0.5) is 18.3 Å². The summed E-state index contributed by atoms with van der Waals surface area (Å²) in [6.45, 7) is 7.13. The maximum Gasteiger partial charge on any atom is 0.414 e. The zero-order chi connectivity index (χ0) is 27.0. The number of fused-ring (bicyclic) bond motifs is 1. The number of nitrogens with one attached hydrogen (secondary N) is 1. The van der Waals surface area contributed by atoms with Crippen LogP contribution in [-0.2, 0) is 32.3 Å². The summed E-state index contributed by atoms with van der Waals surface area (Å²) in [6, 6.07) is 6.33. The van der Waals surface area contributed by atoms with Crippen LogP contribution in [0.5, 0.6) is 0 Å².